The molecule has 2 heterocycles. The lowest BCUT2D eigenvalue weighted by atomic mass is 10.3. The minimum absolute atomic E-state index is 0.507. The maximum Gasteiger partial charge on any atom is 0.136 e. The summed E-state index contributed by atoms with van der Waals surface area (Å²) in [6, 6.07) is 0. The summed E-state index contributed by atoms with van der Waals surface area (Å²) in [5, 5.41) is 5.31. The molecule has 94 valence electrons. The molecule has 0 bridgehead atoms. The van der Waals surface area contributed by atoms with Crippen LogP contribution in [-0.4, -0.2) is 15.0 Å². The van der Waals surface area contributed by atoms with E-state index >= 15 is 0 Å². The van der Waals surface area contributed by atoms with Crippen molar-refractivity contribution in [3.63, 3.8) is 0 Å². The molecule has 0 amide bonds. The Balaban J connectivity index is 1.81. The van der Waals surface area contributed by atoms with Crippen molar-refractivity contribution in [2.24, 2.45) is 0 Å². The number of hydrogen-bond donors (Lipinski definition) is 2. The Morgan fingerprint density at radius 1 is 1.44 bits per heavy atom. The molecule has 6 heteroatoms. The van der Waals surface area contributed by atoms with E-state index < -0.39 is 0 Å². The highest BCUT2D eigenvalue weighted by atomic mass is 32.1. The molecule has 0 spiro atoms. The van der Waals surface area contributed by atoms with Crippen LogP contribution in [0.3, 0.4) is 0 Å². The normalized spacial score (nSPS) is 14.7. The summed E-state index contributed by atoms with van der Waals surface area (Å²) in [6.07, 6.45) is 2.35. The number of rotatable bonds is 4. The van der Waals surface area contributed by atoms with E-state index in [9.17, 15) is 0 Å². The van der Waals surface area contributed by atoms with E-state index in [1.807, 2.05) is 17.8 Å². The maximum absolute atomic E-state index is 5.93. The maximum atomic E-state index is 5.93. The van der Waals surface area contributed by atoms with Gasteiger partial charge < -0.3 is 11.1 Å². The Labute approximate surface area is 109 Å². The minimum Gasteiger partial charge on any atom is -0.383 e. The molecule has 1 saturated carbocycles. The van der Waals surface area contributed by atoms with Gasteiger partial charge in [-0.1, -0.05) is 0 Å². The van der Waals surface area contributed by atoms with Crippen LogP contribution in [0.25, 0.3) is 0 Å². The van der Waals surface area contributed by atoms with E-state index in [1.54, 1.807) is 11.3 Å². The first-order valence-corrected chi connectivity index (χ1v) is 6.93. The van der Waals surface area contributed by atoms with Gasteiger partial charge >= 0.3 is 0 Å². The first kappa shape index (κ1) is 11.4. The largest absolute Gasteiger partial charge is 0.383 e. The highest BCUT2D eigenvalue weighted by Crippen LogP contribution is 2.39. The van der Waals surface area contributed by atoms with Gasteiger partial charge in [-0.15, -0.1) is 11.3 Å². The first-order chi connectivity index (χ1) is 8.74. The van der Waals surface area contributed by atoms with Gasteiger partial charge in [-0.2, -0.15) is 0 Å². The van der Waals surface area contributed by atoms with Crippen LogP contribution < -0.4 is 11.1 Å². The molecular weight excluding hydrogens is 246 g/mol. The van der Waals surface area contributed by atoms with Crippen LogP contribution in [0.4, 0.5) is 11.6 Å². The summed E-state index contributed by atoms with van der Waals surface area (Å²) in [5.74, 6) is 2.79. The Bertz CT molecular complexity index is 548. The fourth-order valence-electron chi connectivity index (χ4n) is 1.75. The number of nitrogen functional groups attached to an aromatic ring is 1. The molecule has 0 saturated heterocycles. The third kappa shape index (κ3) is 2.28. The monoisotopic (exact) mass is 261 g/mol. The fraction of sp³-hybridized carbons (Fsp3) is 0.417. The summed E-state index contributed by atoms with van der Waals surface area (Å²) in [4.78, 5) is 13.2. The molecule has 1 fully saturated rings. The Hall–Kier alpha value is -1.69. The third-order valence-electron chi connectivity index (χ3n) is 3.06. The van der Waals surface area contributed by atoms with Gasteiger partial charge in [-0.05, 0) is 19.8 Å². The topological polar surface area (TPSA) is 76.7 Å². The van der Waals surface area contributed by atoms with Crippen LogP contribution in [0.15, 0.2) is 10.9 Å². The van der Waals surface area contributed by atoms with Crippen molar-refractivity contribution in [1.82, 2.24) is 15.0 Å². The Morgan fingerprint density at radius 3 is 2.94 bits per heavy atom. The molecule has 0 aromatic carbocycles. The molecule has 0 unspecified atom stereocenters. The minimum atomic E-state index is 0.507. The molecule has 1 aliphatic carbocycles. The predicted octanol–water partition coefficient (Wildman–Crippen LogP) is 2.31. The summed E-state index contributed by atoms with van der Waals surface area (Å²) in [6.45, 7) is 2.61. The fourth-order valence-corrected chi connectivity index (χ4v) is 2.31. The molecule has 0 radical (unpaired) electrons. The van der Waals surface area contributed by atoms with E-state index in [1.165, 1.54) is 12.8 Å². The number of anilines is 2. The molecule has 1 aliphatic rings. The second-order valence-electron chi connectivity index (χ2n) is 4.55. The highest BCUT2D eigenvalue weighted by Gasteiger charge is 2.27. The summed E-state index contributed by atoms with van der Waals surface area (Å²) in [7, 11) is 0. The smallest absolute Gasteiger partial charge is 0.136 e. The van der Waals surface area contributed by atoms with Gasteiger partial charge in [0.15, 0.2) is 0 Å². The first-order valence-electron chi connectivity index (χ1n) is 5.99. The number of thiazole rings is 1. The molecule has 2 aromatic heterocycles. The van der Waals surface area contributed by atoms with Gasteiger partial charge in [0.25, 0.3) is 0 Å². The molecule has 5 nitrogen and oxygen atoms in total. The van der Waals surface area contributed by atoms with Gasteiger partial charge in [0, 0.05) is 16.9 Å². The molecule has 0 atom stereocenters. The Kier molecular flexibility index (Phi) is 2.87. The van der Waals surface area contributed by atoms with Crippen molar-refractivity contribution in [3.8, 4) is 0 Å². The quantitative estimate of drug-likeness (QED) is 0.883. The van der Waals surface area contributed by atoms with E-state index in [0.717, 1.165) is 22.9 Å². The van der Waals surface area contributed by atoms with Crippen LogP contribution in [0, 0.1) is 6.92 Å². The Morgan fingerprint density at radius 2 is 2.28 bits per heavy atom. The van der Waals surface area contributed by atoms with E-state index in [2.05, 4.69) is 20.3 Å². The second kappa shape index (κ2) is 4.53. The van der Waals surface area contributed by atoms with Crippen molar-refractivity contribution in [1.29, 1.82) is 0 Å². The zero-order valence-electron chi connectivity index (χ0n) is 10.2. The number of nitrogens with one attached hydrogen (secondary N) is 1. The average Bonchev–Trinajstić information content (AvgIpc) is 3.08. The van der Waals surface area contributed by atoms with Crippen LogP contribution in [0.5, 0.6) is 0 Å². The van der Waals surface area contributed by atoms with Crippen molar-refractivity contribution >= 4 is 23.0 Å². The summed E-state index contributed by atoms with van der Waals surface area (Å²) in [5.41, 5.74) is 9.69. The van der Waals surface area contributed by atoms with Gasteiger partial charge in [0.05, 0.1) is 17.7 Å². The van der Waals surface area contributed by atoms with E-state index in [4.69, 9.17) is 5.73 Å². The van der Waals surface area contributed by atoms with Crippen molar-refractivity contribution in [2.45, 2.75) is 32.2 Å². The molecular formula is C12H15N5S. The van der Waals surface area contributed by atoms with E-state index in [0.29, 0.717) is 18.3 Å². The van der Waals surface area contributed by atoms with E-state index in [-0.39, 0.29) is 0 Å². The SMILES string of the molecule is Cc1c(N)nc(C2CC2)nc1NCc1cscn1. The summed E-state index contributed by atoms with van der Waals surface area (Å²) >= 11 is 1.59. The lowest BCUT2D eigenvalue weighted by Crippen LogP contribution is -2.09. The lowest BCUT2D eigenvalue weighted by molar-refractivity contribution is 0.914. The average molecular weight is 261 g/mol. The molecule has 3 rings (SSSR count). The van der Waals surface area contributed by atoms with Gasteiger partial charge in [0.1, 0.15) is 17.5 Å². The van der Waals surface area contributed by atoms with Crippen molar-refractivity contribution in [3.05, 3.63) is 28.0 Å². The number of nitrogens with zero attached hydrogens (tertiary/aromatic N) is 3. The molecule has 2 aromatic rings. The third-order valence-corrected chi connectivity index (χ3v) is 3.70. The van der Waals surface area contributed by atoms with Crippen molar-refractivity contribution < 1.29 is 0 Å². The summed E-state index contributed by atoms with van der Waals surface area (Å²) < 4.78 is 0. The van der Waals surface area contributed by atoms with Crippen molar-refractivity contribution in [2.75, 3.05) is 11.1 Å². The van der Waals surface area contributed by atoms with Crippen LogP contribution in [0.1, 0.15) is 35.8 Å². The molecule has 18 heavy (non-hydrogen) atoms. The predicted molar refractivity (Wildman–Crippen MR) is 72.6 cm³/mol. The standard InChI is InChI=1S/C12H15N5S/c1-7-10(13)16-12(8-2-3-8)17-11(7)14-4-9-5-18-6-15-9/h5-6,8H,2-4H2,1H3,(H3,13,14,16,17). The van der Waals surface area contributed by atoms with Crippen LogP contribution in [-0.2, 0) is 6.54 Å². The zero-order chi connectivity index (χ0) is 12.5. The molecule has 3 N–H and O–H groups in total. The number of nitrogens with two attached hydrogens (primary N) is 1. The van der Waals surface area contributed by atoms with Gasteiger partial charge in [-0.25, -0.2) is 15.0 Å². The zero-order valence-corrected chi connectivity index (χ0v) is 11.0. The van der Waals surface area contributed by atoms with Gasteiger partial charge in [-0.3, -0.25) is 0 Å². The molecule has 0 aliphatic heterocycles. The number of aromatic nitrogens is 3. The van der Waals surface area contributed by atoms with Crippen LogP contribution >= 0.6 is 11.3 Å². The van der Waals surface area contributed by atoms with Gasteiger partial charge in [0.2, 0.25) is 0 Å². The van der Waals surface area contributed by atoms with Crippen LogP contribution in [0.2, 0.25) is 0 Å². The second-order valence-corrected chi connectivity index (χ2v) is 5.27. The number of hydrogen-bond acceptors (Lipinski definition) is 6. The highest BCUT2D eigenvalue weighted by molar-refractivity contribution is 7.07. The lowest BCUT2D eigenvalue weighted by Gasteiger charge is -2.10.